The van der Waals surface area contributed by atoms with Gasteiger partial charge in [-0.3, -0.25) is 0 Å². The van der Waals surface area contributed by atoms with Crippen molar-refractivity contribution in [2.75, 3.05) is 0 Å². The van der Waals surface area contributed by atoms with E-state index in [9.17, 15) is 4.79 Å². The molecule has 0 fully saturated rings. The summed E-state index contributed by atoms with van der Waals surface area (Å²) in [4.78, 5) is 11.9. The van der Waals surface area contributed by atoms with Crippen LogP contribution in [0.3, 0.4) is 0 Å². The van der Waals surface area contributed by atoms with Crippen molar-refractivity contribution in [1.82, 2.24) is 15.5 Å². The molecule has 7 heteroatoms. The van der Waals surface area contributed by atoms with Crippen molar-refractivity contribution in [3.05, 3.63) is 10.7 Å². The molecule has 1 aromatic rings. The number of carbonyl (C=O) groups excluding carboxylic acids is 1. The number of aromatic nitrogens is 2. The lowest BCUT2D eigenvalue weighted by Gasteiger charge is -2.23. The highest BCUT2D eigenvalue weighted by Crippen LogP contribution is 2.20. The molecule has 0 spiro atoms. The molecule has 2 N–H and O–H groups in total. The summed E-state index contributed by atoms with van der Waals surface area (Å²) < 4.78 is 10.4. The molecular weight excluding hydrogens is 254 g/mol. The van der Waals surface area contributed by atoms with Gasteiger partial charge in [0.1, 0.15) is 11.6 Å². The largest absolute Gasteiger partial charge is 0.444 e. The Balaban J connectivity index is 2.76. The smallest absolute Gasteiger partial charge is 0.408 e. The summed E-state index contributed by atoms with van der Waals surface area (Å²) in [6, 6.07) is -0.382. The molecule has 18 heavy (non-hydrogen) atoms. The van der Waals surface area contributed by atoms with Crippen LogP contribution in [0.25, 0.3) is 0 Å². The van der Waals surface area contributed by atoms with Gasteiger partial charge in [-0.1, -0.05) is 13.8 Å². The number of aromatic amines is 1. The number of alkyl carbamates (subject to hydrolysis) is 1. The van der Waals surface area contributed by atoms with Crippen molar-refractivity contribution in [3.63, 3.8) is 0 Å². The number of ether oxygens (including phenoxy) is 1. The Labute approximate surface area is 111 Å². The van der Waals surface area contributed by atoms with Crippen molar-refractivity contribution in [2.24, 2.45) is 5.92 Å². The van der Waals surface area contributed by atoms with E-state index in [1.807, 2.05) is 13.8 Å². The molecule has 0 unspecified atom stereocenters. The van der Waals surface area contributed by atoms with Crippen LogP contribution in [0.2, 0.25) is 0 Å². The lowest BCUT2D eigenvalue weighted by Crippen LogP contribution is -2.37. The zero-order valence-electron chi connectivity index (χ0n) is 11.2. The van der Waals surface area contributed by atoms with Gasteiger partial charge >= 0.3 is 6.09 Å². The van der Waals surface area contributed by atoms with E-state index < -0.39 is 11.7 Å². The van der Waals surface area contributed by atoms with Gasteiger partial charge in [0, 0.05) is 0 Å². The van der Waals surface area contributed by atoms with E-state index in [2.05, 4.69) is 15.5 Å². The van der Waals surface area contributed by atoms with Gasteiger partial charge in [0.05, 0.1) is 0 Å². The lowest BCUT2D eigenvalue weighted by molar-refractivity contribution is 0.0479. The SMILES string of the molecule is CC(C)[C@@H](NC(=O)OC(C)(C)C)c1n[nH]c(=S)o1. The molecule has 0 bridgehead atoms. The molecule has 0 aliphatic rings. The van der Waals surface area contributed by atoms with Crippen LogP contribution >= 0.6 is 12.2 Å². The fourth-order valence-corrected chi connectivity index (χ4v) is 1.45. The van der Waals surface area contributed by atoms with E-state index in [0.717, 1.165) is 0 Å². The van der Waals surface area contributed by atoms with Gasteiger partial charge in [0.25, 0.3) is 4.84 Å². The van der Waals surface area contributed by atoms with E-state index >= 15 is 0 Å². The zero-order chi connectivity index (χ0) is 13.9. The van der Waals surface area contributed by atoms with Gasteiger partial charge < -0.3 is 14.5 Å². The molecule has 0 saturated heterocycles. The van der Waals surface area contributed by atoms with Crippen LogP contribution in [-0.2, 0) is 4.74 Å². The zero-order valence-corrected chi connectivity index (χ0v) is 12.1. The Morgan fingerprint density at radius 3 is 2.50 bits per heavy atom. The maximum absolute atomic E-state index is 11.7. The molecule has 1 aromatic heterocycles. The summed E-state index contributed by atoms with van der Waals surface area (Å²) in [5.74, 6) is 0.444. The Morgan fingerprint density at radius 2 is 2.11 bits per heavy atom. The van der Waals surface area contributed by atoms with Gasteiger partial charge in [0.2, 0.25) is 5.89 Å². The van der Waals surface area contributed by atoms with Crippen molar-refractivity contribution < 1.29 is 13.9 Å². The number of H-pyrrole nitrogens is 1. The molecule has 6 nitrogen and oxygen atoms in total. The Bertz CT molecular complexity index is 459. The quantitative estimate of drug-likeness (QED) is 0.828. The van der Waals surface area contributed by atoms with Crippen molar-refractivity contribution in [2.45, 2.75) is 46.3 Å². The van der Waals surface area contributed by atoms with E-state index in [0.29, 0.717) is 5.89 Å². The highest BCUT2D eigenvalue weighted by molar-refractivity contribution is 7.71. The van der Waals surface area contributed by atoms with Gasteiger partial charge in [-0.2, -0.15) is 0 Å². The minimum atomic E-state index is -0.544. The molecule has 1 amide bonds. The van der Waals surface area contributed by atoms with Crippen LogP contribution in [0.15, 0.2) is 4.42 Å². The topological polar surface area (TPSA) is 80.1 Å². The fourth-order valence-electron chi connectivity index (χ4n) is 1.32. The second-order valence-corrected chi connectivity index (χ2v) is 5.69. The molecule has 1 rings (SSSR count). The van der Waals surface area contributed by atoms with Crippen molar-refractivity contribution in [3.8, 4) is 0 Å². The van der Waals surface area contributed by atoms with Crippen LogP contribution in [0, 0.1) is 10.8 Å². The first kappa shape index (κ1) is 14.7. The molecule has 0 aromatic carbocycles. The summed E-state index contributed by atoms with van der Waals surface area (Å²) in [6.45, 7) is 9.29. The Kier molecular flexibility index (Phi) is 4.50. The van der Waals surface area contributed by atoms with Gasteiger partial charge in [-0.25, -0.2) is 9.89 Å². The maximum atomic E-state index is 11.7. The summed E-state index contributed by atoms with van der Waals surface area (Å²) in [6.07, 6.45) is -0.509. The molecule has 0 aliphatic carbocycles. The number of nitrogens with zero attached hydrogens (tertiary/aromatic N) is 1. The van der Waals surface area contributed by atoms with Crippen LogP contribution < -0.4 is 5.32 Å². The lowest BCUT2D eigenvalue weighted by atomic mass is 10.1. The minimum absolute atomic E-state index is 0.0963. The monoisotopic (exact) mass is 273 g/mol. The third kappa shape index (κ3) is 4.48. The highest BCUT2D eigenvalue weighted by Gasteiger charge is 2.25. The fraction of sp³-hybridized carbons (Fsp3) is 0.727. The minimum Gasteiger partial charge on any atom is -0.444 e. The number of hydrogen-bond donors (Lipinski definition) is 2. The second kappa shape index (κ2) is 5.51. The van der Waals surface area contributed by atoms with Gasteiger partial charge in [-0.05, 0) is 38.9 Å². The summed E-state index contributed by atoms with van der Waals surface area (Å²) in [7, 11) is 0. The standard InChI is InChI=1S/C11H19N3O3S/c1-6(2)7(8-13-14-10(18)16-8)12-9(15)17-11(3,4)5/h6-7H,1-5H3,(H,12,15)(H,14,18)/t7-/m1/s1. The van der Waals surface area contributed by atoms with Crippen LogP contribution in [0.4, 0.5) is 4.79 Å². The molecular formula is C11H19N3O3S. The molecule has 1 heterocycles. The van der Waals surface area contributed by atoms with E-state index in [4.69, 9.17) is 21.4 Å². The number of hydrogen-bond acceptors (Lipinski definition) is 5. The van der Waals surface area contributed by atoms with E-state index in [1.54, 1.807) is 20.8 Å². The number of carbonyl (C=O) groups is 1. The summed E-state index contributed by atoms with van der Waals surface area (Å²) in [5.41, 5.74) is -0.544. The highest BCUT2D eigenvalue weighted by atomic mass is 32.1. The van der Waals surface area contributed by atoms with Crippen molar-refractivity contribution in [1.29, 1.82) is 0 Å². The summed E-state index contributed by atoms with van der Waals surface area (Å²) in [5, 5.41) is 9.17. The third-order valence-corrected chi connectivity index (χ3v) is 2.23. The number of amides is 1. The number of rotatable bonds is 3. The Morgan fingerprint density at radius 1 is 1.50 bits per heavy atom. The van der Waals surface area contributed by atoms with Crippen LogP contribution in [0.5, 0.6) is 0 Å². The van der Waals surface area contributed by atoms with E-state index in [-0.39, 0.29) is 16.8 Å². The average Bonchev–Trinajstić information content (AvgIpc) is 2.57. The molecule has 0 aliphatic heterocycles. The van der Waals surface area contributed by atoms with Crippen LogP contribution in [-0.4, -0.2) is 21.9 Å². The maximum Gasteiger partial charge on any atom is 0.408 e. The molecule has 102 valence electrons. The molecule has 1 atom stereocenters. The summed E-state index contributed by atoms with van der Waals surface area (Å²) >= 11 is 4.81. The molecule has 0 saturated carbocycles. The molecule has 0 radical (unpaired) electrons. The van der Waals surface area contributed by atoms with Gasteiger partial charge in [-0.15, -0.1) is 5.10 Å². The number of nitrogens with one attached hydrogen (secondary N) is 2. The van der Waals surface area contributed by atoms with Gasteiger partial charge in [0.15, 0.2) is 0 Å². The third-order valence-electron chi connectivity index (χ3n) is 2.06. The average molecular weight is 273 g/mol. The van der Waals surface area contributed by atoms with Crippen LogP contribution in [0.1, 0.15) is 46.6 Å². The predicted octanol–water partition coefficient (Wildman–Crippen LogP) is 2.95. The predicted molar refractivity (Wildman–Crippen MR) is 68.6 cm³/mol. The first-order valence-electron chi connectivity index (χ1n) is 5.74. The first-order chi connectivity index (χ1) is 8.19. The first-order valence-corrected chi connectivity index (χ1v) is 6.15. The second-order valence-electron chi connectivity index (χ2n) is 5.32. The Hall–Kier alpha value is -1.37. The van der Waals surface area contributed by atoms with E-state index in [1.165, 1.54) is 0 Å². The normalized spacial score (nSPS) is 13.4. The van der Waals surface area contributed by atoms with Crippen molar-refractivity contribution >= 4 is 18.3 Å².